The number of benzene rings is 2. The highest BCUT2D eigenvalue weighted by atomic mass is 16.1. The van der Waals surface area contributed by atoms with Crippen molar-refractivity contribution in [2.45, 2.75) is 19.7 Å². The van der Waals surface area contributed by atoms with Gasteiger partial charge in [-0.1, -0.05) is 60.7 Å². The first kappa shape index (κ1) is 11.9. The van der Waals surface area contributed by atoms with Gasteiger partial charge in [0.1, 0.15) is 5.69 Å². The molecule has 1 aromatic heterocycles. The molecule has 3 nitrogen and oxygen atoms in total. The number of aromatic nitrogens is 2. The lowest BCUT2D eigenvalue weighted by atomic mass is 10.1. The lowest BCUT2D eigenvalue weighted by molar-refractivity contribution is 0.896. The maximum absolute atomic E-state index is 12.4. The van der Waals surface area contributed by atoms with Gasteiger partial charge in [-0.15, -0.1) is 0 Å². The van der Waals surface area contributed by atoms with Crippen LogP contribution in [0.25, 0.3) is 0 Å². The van der Waals surface area contributed by atoms with Crippen LogP contribution in [0.4, 0.5) is 0 Å². The summed E-state index contributed by atoms with van der Waals surface area (Å²) in [5.74, 6) is 0. The predicted molar refractivity (Wildman–Crippen MR) is 88.1 cm³/mol. The first-order chi connectivity index (χ1) is 11.5. The Balaban J connectivity index is 2.00. The Kier molecular flexibility index (Phi) is 3.46. The van der Waals surface area contributed by atoms with Gasteiger partial charge in [-0.2, -0.15) is 0 Å². The number of aromatic amines is 1. The maximum atomic E-state index is 12.4. The molecule has 22 heavy (non-hydrogen) atoms. The van der Waals surface area contributed by atoms with E-state index in [0.29, 0.717) is 23.4 Å². The van der Waals surface area contributed by atoms with E-state index < -0.39 is 11.9 Å². The van der Waals surface area contributed by atoms with Gasteiger partial charge in [-0.3, -0.25) is 9.78 Å². The lowest BCUT2D eigenvalue weighted by Crippen LogP contribution is -2.19. The molecule has 0 atom stereocenters. The predicted octanol–water partition coefficient (Wildman–Crippen LogP) is 3.26. The van der Waals surface area contributed by atoms with E-state index in [1.165, 1.54) is 0 Å². The summed E-state index contributed by atoms with van der Waals surface area (Å²) < 4.78 is 16.6. The summed E-state index contributed by atoms with van der Waals surface area (Å²) >= 11 is 0. The normalized spacial score (nSPS) is 12.6. The van der Waals surface area contributed by atoms with Crippen LogP contribution in [-0.2, 0) is 12.8 Å². The average Bonchev–Trinajstić information content (AvgIpc) is 2.59. The van der Waals surface area contributed by atoms with Gasteiger partial charge in [0.05, 0.1) is 5.69 Å². The molecule has 3 aromatic rings. The van der Waals surface area contributed by atoms with E-state index in [4.69, 9.17) is 2.74 Å². The van der Waals surface area contributed by atoms with Crippen LogP contribution in [0, 0.1) is 6.92 Å². The molecular weight excluding hydrogens is 272 g/mol. The van der Waals surface area contributed by atoms with Crippen molar-refractivity contribution < 1.29 is 2.74 Å². The van der Waals surface area contributed by atoms with Crippen LogP contribution in [0.3, 0.4) is 0 Å². The first-order valence-corrected chi connectivity index (χ1v) is 7.18. The molecule has 110 valence electrons. The van der Waals surface area contributed by atoms with Crippen molar-refractivity contribution in [3.63, 3.8) is 0 Å². The molecule has 0 radical (unpaired) electrons. The molecule has 0 amide bonds. The van der Waals surface area contributed by atoms with Gasteiger partial charge in [0.2, 0.25) is 0 Å². The van der Waals surface area contributed by atoms with Crippen LogP contribution in [0.15, 0.2) is 65.5 Å². The topological polar surface area (TPSA) is 45.8 Å². The maximum Gasteiger partial charge on any atom is 0.270 e. The SMILES string of the molecule is [2H]C([2H])(c1ccccc1)c1nc(C)c(Cc2ccccc2)[nH]c1=O. The van der Waals surface area contributed by atoms with Gasteiger partial charge in [0, 0.05) is 21.2 Å². The molecular formula is C19H18N2O. The van der Waals surface area contributed by atoms with E-state index in [1.54, 1.807) is 31.2 Å². The van der Waals surface area contributed by atoms with Gasteiger partial charge < -0.3 is 4.98 Å². The number of nitrogens with one attached hydrogen (secondary N) is 1. The van der Waals surface area contributed by atoms with Crippen LogP contribution in [0.2, 0.25) is 0 Å². The third-order valence-electron chi connectivity index (χ3n) is 3.46. The molecule has 0 unspecified atom stereocenters. The molecule has 0 fully saturated rings. The molecule has 0 aliphatic carbocycles. The third-order valence-corrected chi connectivity index (χ3v) is 3.46. The zero-order valence-corrected chi connectivity index (χ0v) is 12.3. The number of nitrogens with zero attached hydrogens (tertiary/aromatic N) is 1. The van der Waals surface area contributed by atoms with Crippen molar-refractivity contribution >= 4 is 0 Å². The number of hydrogen-bond donors (Lipinski definition) is 1. The van der Waals surface area contributed by atoms with Gasteiger partial charge in [-0.25, -0.2) is 0 Å². The van der Waals surface area contributed by atoms with E-state index in [0.717, 1.165) is 5.56 Å². The molecule has 1 heterocycles. The summed E-state index contributed by atoms with van der Waals surface area (Å²) in [6, 6.07) is 18.4. The average molecular weight is 292 g/mol. The van der Waals surface area contributed by atoms with E-state index in [2.05, 4.69) is 9.97 Å². The molecule has 2 aromatic carbocycles. The molecule has 0 saturated carbocycles. The highest BCUT2D eigenvalue weighted by Crippen LogP contribution is 2.10. The van der Waals surface area contributed by atoms with Crippen LogP contribution in [0.1, 0.15) is 31.0 Å². The van der Waals surface area contributed by atoms with E-state index in [-0.39, 0.29) is 5.69 Å². The van der Waals surface area contributed by atoms with Crippen LogP contribution >= 0.6 is 0 Å². The number of rotatable bonds is 4. The molecule has 0 aliphatic heterocycles. The van der Waals surface area contributed by atoms with E-state index in [1.807, 2.05) is 36.4 Å². The van der Waals surface area contributed by atoms with Crippen LogP contribution < -0.4 is 5.56 Å². The molecule has 0 bridgehead atoms. The Morgan fingerprint density at radius 2 is 1.59 bits per heavy atom. The fraction of sp³-hybridized carbons (Fsp3) is 0.158. The van der Waals surface area contributed by atoms with Gasteiger partial charge in [-0.05, 0) is 18.1 Å². The third kappa shape index (κ3) is 3.31. The number of hydrogen-bond acceptors (Lipinski definition) is 2. The first-order valence-electron chi connectivity index (χ1n) is 8.18. The second-order valence-corrected chi connectivity index (χ2v) is 5.13. The van der Waals surface area contributed by atoms with Gasteiger partial charge >= 0.3 is 0 Å². The number of aryl methyl sites for hydroxylation is 1. The molecule has 3 rings (SSSR count). The van der Waals surface area contributed by atoms with Gasteiger partial charge in [0.25, 0.3) is 5.56 Å². The smallest absolute Gasteiger partial charge is 0.270 e. The minimum absolute atomic E-state index is 0.108. The molecule has 0 saturated heterocycles. The van der Waals surface area contributed by atoms with Crippen molar-refractivity contribution in [1.82, 2.24) is 9.97 Å². The summed E-state index contributed by atoms with van der Waals surface area (Å²) in [4.78, 5) is 19.6. The van der Waals surface area contributed by atoms with E-state index >= 15 is 0 Å². The fourth-order valence-corrected chi connectivity index (χ4v) is 2.29. The Bertz CT molecular complexity index is 890. The second kappa shape index (κ2) is 6.39. The Morgan fingerprint density at radius 3 is 2.23 bits per heavy atom. The summed E-state index contributed by atoms with van der Waals surface area (Å²) in [6.45, 7) is 1.79. The molecule has 3 heteroatoms. The highest BCUT2D eigenvalue weighted by Gasteiger charge is 2.09. The monoisotopic (exact) mass is 292 g/mol. The quantitative estimate of drug-likeness (QED) is 0.802. The van der Waals surface area contributed by atoms with Crippen LogP contribution in [0.5, 0.6) is 0 Å². The summed E-state index contributed by atoms with van der Waals surface area (Å²) in [7, 11) is 0. The summed E-state index contributed by atoms with van der Waals surface area (Å²) in [5, 5.41) is 0. The van der Waals surface area contributed by atoms with Crippen LogP contribution in [-0.4, -0.2) is 9.97 Å². The number of H-pyrrole nitrogens is 1. The van der Waals surface area contributed by atoms with Crippen molar-refractivity contribution in [3.8, 4) is 0 Å². The Hall–Kier alpha value is -2.68. The Morgan fingerprint density at radius 1 is 1.00 bits per heavy atom. The largest absolute Gasteiger partial charge is 0.323 e. The lowest BCUT2D eigenvalue weighted by Gasteiger charge is -2.08. The molecule has 1 N–H and O–H groups in total. The second-order valence-electron chi connectivity index (χ2n) is 5.13. The zero-order valence-electron chi connectivity index (χ0n) is 14.3. The molecule has 0 aliphatic rings. The fourth-order valence-electron chi connectivity index (χ4n) is 2.29. The van der Waals surface area contributed by atoms with E-state index in [9.17, 15) is 4.79 Å². The van der Waals surface area contributed by atoms with Gasteiger partial charge in [0.15, 0.2) is 0 Å². The summed E-state index contributed by atoms with van der Waals surface area (Å²) in [6.07, 6.45) is -1.38. The van der Waals surface area contributed by atoms with Crippen molar-refractivity contribution in [2.24, 2.45) is 0 Å². The minimum atomic E-state index is -1.94. The van der Waals surface area contributed by atoms with Crippen molar-refractivity contribution in [2.75, 3.05) is 0 Å². The van der Waals surface area contributed by atoms with Crippen molar-refractivity contribution in [1.29, 1.82) is 0 Å². The summed E-state index contributed by atoms with van der Waals surface area (Å²) in [5.41, 5.74) is 2.23. The zero-order chi connectivity index (χ0) is 17.2. The highest BCUT2D eigenvalue weighted by molar-refractivity contribution is 5.26. The minimum Gasteiger partial charge on any atom is -0.323 e. The van der Waals surface area contributed by atoms with Crippen molar-refractivity contribution in [3.05, 3.63) is 99.2 Å². The standard InChI is InChI=1S/C19H18N2O/c1-14-17(12-15-8-4-2-5-9-15)21-19(22)18(20-14)13-16-10-6-3-7-11-16/h2-11H,12-13H2,1H3,(H,21,22)/i13D2. The Labute approximate surface area is 132 Å². The molecule has 0 spiro atoms.